The van der Waals surface area contributed by atoms with Gasteiger partial charge in [0.25, 0.3) is 0 Å². The van der Waals surface area contributed by atoms with Crippen molar-refractivity contribution in [1.82, 2.24) is 4.90 Å². The summed E-state index contributed by atoms with van der Waals surface area (Å²) in [5.41, 5.74) is -0.242. The molecule has 0 aromatic heterocycles. The smallest absolute Gasteiger partial charge is 0.376 e. The molecule has 2 amide bonds. The van der Waals surface area contributed by atoms with Gasteiger partial charge < -0.3 is 15.1 Å². The van der Waals surface area contributed by atoms with Gasteiger partial charge >= 0.3 is 12.2 Å². The molecule has 0 bridgehead atoms. The van der Waals surface area contributed by atoms with Crippen molar-refractivity contribution in [1.29, 1.82) is 5.26 Å². The molecule has 0 atom stereocenters. The van der Waals surface area contributed by atoms with E-state index in [0.29, 0.717) is 5.69 Å². The molecule has 5 nitrogen and oxygen atoms in total. The van der Waals surface area contributed by atoms with Crippen molar-refractivity contribution in [3.8, 4) is 6.07 Å². The van der Waals surface area contributed by atoms with Crippen molar-refractivity contribution in [2.45, 2.75) is 31.5 Å². The number of rotatable bonds is 5. The van der Waals surface area contributed by atoms with Gasteiger partial charge in [-0.25, -0.2) is 4.79 Å². The van der Waals surface area contributed by atoms with Crippen molar-refractivity contribution in [2.75, 3.05) is 30.9 Å². The summed E-state index contributed by atoms with van der Waals surface area (Å²) in [6, 6.07) is 4.81. The Balaban J connectivity index is 2.25. The minimum Gasteiger partial charge on any atom is -0.376 e. The van der Waals surface area contributed by atoms with Gasteiger partial charge in [-0.2, -0.15) is 18.4 Å². The zero-order chi connectivity index (χ0) is 17.9. The standard InChI is InChI=1S/C16H19F3N4O/c1-22(2)14-7-4-11(16(17,18)19)10-13(14)21-15(24)23(9-3-8-20)12-5-6-12/h4,7,10,12H,3,5-6,9H2,1-2H3,(H,21,24). The first kappa shape index (κ1) is 17.9. The Morgan fingerprint density at radius 3 is 2.54 bits per heavy atom. The monoisotopic (exact) mass is 340 g/mol. The largest absolute Gasteiger partial charge is 0.416 e. The average Bonchev–Trinajstić information content (AvgIpc) is 3.31. The van der Waals surface area contributed by atoms with Gasteiger partial charge in [-0.15, -0.1) is 0 Å². The average molecular weight is 340 g/mol. The number of hydrogen-bond donors (Lipinski definition) is 1. The van der Waals surface area contributed by atoms with Crippen molar-refractivity contribution in [3.05, 3.63) is 23.8 Å². The highest BCUT2D eigenvalue weighted by Gasteiger charge is 2.34. The van der Waals surface area contributed by atoms with Gasteiger partial charge in [-0.3, -0.25) is 0 Å². The molecular weight excluding hydrogens is 321 g/mol. The van der Waals surface area contributed by atoms with Crippen LogP contribution in [0.2, 0.25) is 0 Å². The molecule has 24 heavy (non-hydrogen) atoms. The lowest BCUT2D eigenvalue weighted by Gasteiger charge is -2.24. The molecule has 0 saturated heterocycles. The van der Waals surface area contributed by atoms with Crippen molar-refractivity contribution < 1.29 is 18.0 Å². The van der Waals surface area contributed by atoms with Gasteiger partial charge in [0.05, 0.1) is 29.4 Å². The summed E-state index contributed by atoms with van der Waals surface area (Å²) in [7, 11) is 3.37. The zero-order valence-electron chi connectivity index (χ0n) is 13.5. The fraction of sp³-hybridized carbons (Fsp3) is 0.500. The number of anilines is 2. The minimum absolute atomic E-state index is 0.0620. The molecule has 130 valence electrons. The minimum atomic E-state index is -4.48. The van der Waals surface area contributed by atoms with Gasteiger partial charge in [-0.05, 0) is 31.0 Å². The molecule has 0 spiro atoms. The van der Waals surface area contributed by atoms with E-state index in [-0.39, 0.29) is 24.7 Å². The van der Waals surface area contributed by atoms with Crippen LogP contribution in [0.25, 0.3) is 0 Å². The molecule has 1 aliphatic rings. The van der Waals surface area contributed by atoms with Gasteiger partial charge in [0.15, 0.2) is 0 Å². The molecule has 1 aromatic rings. The van der Waals surface area contributed by atoms with E-state index in [1.54, 1.807) is 19.0 Å². The maximum Gasteiger partial charge on any atom is 0.416 e. The lowest BCUT2D eigenvalue weighted by molar-refractivity contribution is -0.137. The maximum absolute atomic E-state index is 12.9. The number of hydrogen-bond acceptors (Lipinski definition) is 3. The van der Waals surface area contributed by atoms with E-state index in [9.17, 15) is 18.0 Å². The lowest BCUT2D eigenvalue weighted by atomic mass is 10.1. The molecular formula is C16H19F3N4O. The first-order valence-corrected chi connectivity index (χ1v) is 7.57. The van der Waals surface area contributed by atoms with Crippen LogP contribution in [0.3, 0.4) is 0 Å². The molecule has 0 unspecified atom stereocenters. The van der Waals surface area contributed by atoms with E-state index in [4.69, 9.17) is 5.26 Å². The number of halogens is 3. The number of carbonyl (C=O) groups excluding carboxylic acids is 1. The molecule has 1 saturated carbocycles. The van der Waals surface area contributed by atoms with Crippen LogP contribution in [0, 0.1) is 11.3 Å². The Morgan fingerprint density at radius 2 is 2.04 bits per heavy atom. The van der Waals surface area contributed by atoms with Crippen LogP contribution in [0.5, 0.6) is 0 Å². The van der Waals surface area contributed by atoms with Gasteiger partial charge in [0.1, 0.15) is 0 Å². The number of benzene rings is 1. The first-order valence-electron chi connectivity index (χ1n) is 7.57. The molecule has 1 fully saturated rings. The third-order valence-corrected chi connectivity index (χ3v) is 3.76. The predicted molar refractivity (Wildman–Crippen MR) is 84.7 cm³/mol. The second-order valence-electron chi connectivity index (χ2n) is 5.89. The van der Waals surface area contributed by atoms with Crippen molar-refractivity contribution in [2.24, 2.45) is 0 Å². The molecule has 0 aliphatic heterocycles. The van der Waals surface area contributed by atoms with Crippen LogP contribution in [0.4, 0.5) is 29.3 Å². The Hall–Kier alpha value is -2.43. The summed E-state index contributed by atoms with van der Waals surface area (Å²) >= 11 is 0. The molecule has 1 aromatic carbocycles. The predicted octanol–water partition coefficient (Wildman–Crippen LogP) is 3.68. The van der Waals surface area contributed by atoms with Crippen LogP contribution in [-0.2, 0) is 6.18 Å². The fourth-order valence-corrected chi connectivity index (χ4v) is 2.40. The summed E-state index contributed by atoms with van der Waals surface area (Å²) in [5, 5.41) is 11.3. The second-order valence-corrected chi connectivity index (χ2v) is 5.89. The number of amides is 2. The number of alkyl halides is 3. The Labute approximate surface area is 138 Å². The lowest BCUT2D eigenvalue weighted by Crippen LogP contribution is -2.37. The summed E-state index contributed by atoms with van der Waals surface area (Å²) in [4.78, 5) is 15.6. The summed E-state index contributed by atoms with van der Waals surface area (Å²) in [6.45, 7) is 0.267. The van der Waals surface area contributed by atoms with E-state index in [0.717, 1.165) is 25.0 Å². The van der Waals surface area contributed by atoms with Gasteiger partial charge in [-0.1, -0.05) is 0 Å². The van der Waals surface area contributed by atoms with E-state index in [1.165, 1.54) is 11.0 Å². The molecule has 1 aliphatic carbocycles. The molecule has 1 N–H and O–H groups in total. The zero-order valence-corrected chi connectivity index (χ0v) is 13.5. The Kier molecular flexibility index (Phi) is 5.22. The SMILES string of the molecule is CN(C)c1ccc(C(F)(F)F)cc1NC(=O)N(CCC#N)C1CC1. The van der Waals surface area contributed by atoms with Crippen molar-refractivity contribution in [3.63, 3.8) is 0 Å². The quantitative estimate of drug-likeness (QED) is 0.889. The van der Waals surface area contributed by atoms with Crippen LogP contribution in [0.1, 0.15) is 24.8 Å². The third-order valence-electron chi connectivity index (χ3n) is 3.76. The van der Waals surface area contributed by atoms with Crippen LogP contribution < -0.4 is 10.2 Å². The van der Waals surface area contributed by atoms with E-state index in [1.807, 2.05) is 6.07 Å². The number of carbonyl (C=O) groups is 1. The van der Waals surface area contributed by atoms with E-state index < -0.39 is 17.8 Å². The van der Waals surface area contributed by atoms with Gasteiger partial charge in [0, 0.05) is 26.7 Å². The highest BCUT2D eigenvalue weighted by molar-refractivity contribution is 5.93. The molecule has 0 radical (unpaired) electrons. The van der Waals surface area contributed by atoms with E-state index >= 15 is 0 Å². The summed E-state index contributed by atoms with van der Waals surface area (Å²) in [5.74, 6) is 0. The number of nitrogens with one attached hydrogen (secondary N) is 1. The highest BCUT2D eigenvalue weighted by Crippen LogP contribution is 2.35. The number of urea groups is 1. The van der Waals surface area contributed by atoms with Crippen LogP contribution in [0.15, 0.2) is 18.2 Å². The molecule has 8 heteroatoms. The van der Waals surface area contributed by atoms with Crippen LogP contribution >= 0.6 is 0 Å². The third kappa shape index (κ3) is 4.31. The van der Waals surface area contributed by atoms with Gasteiger partial charge in [0.2, 0.25) is 0 Å². The molecule has 2 rings (SSSR count). The first-order chi connectivity index (χ1) is 11.2. The maximum atomic E-state index is 12.9. The van der Waals surface area contributed by atoms with E-state index in [2.05, 4.69) is 5.32 Å². The van der Waals surface area contributed by atoms with Crippen molar-refractivity contribution >= 4 is 17.4 Å². The Morgan fingerprint density at radius 1 is 1.38 bits per heavy atom. The summed E-state index contributed by atoms with van der Waals surface area (Å²) < 4.78 is 38.8. The highest BCUT2D eigenvalue weighted by atomic mass is 19.4. The normalized spacial score (nSPS) is 14.0. The number of nitrogens with zero attached hydrogens (tertiary/aromatic N) is 3. The fourth-order valence-electron chi connectivity index (χ4n) is 2.40. The molecule has 0 heterocycles. The number of nitriles is 1. The Bertz CT molecular complexity index is 648. The van der Waals surface area contributed by atoms with Crippen LogP contribution in [-0.4, -0.2) is 37.6 Å². The summed E-state index contributed by atoms with van der Waals surface area (Å²) in [6.07, 6.45) is -2.60. The second kappa shape index (κ2) is 6.99. The topological polar surface area (TPSA) is 59.4 Å².